The Morgan fingerprint density at radius 1 is 2.00 bits per heavy atom. The van der Waals surface area contributed by atoms with Crippen LogP contribution in [-0.2, 0) is 0 Å². The van der Waals surface area contributed by atoms with Gasteiger partial charge >= 0.3 is 0 Å². The fraction of sp³-hybridized carbons (Fsp3) is 0. The fourth-order valence-corrected chi connectivity index (χ4v) is 0. The molecule has 4 heavy (non-hydrogen) atoms. The molecule has 0 aromatic heterocycles. The van der Waals surface area contributed by atoms with Gasteiger partial charge in [0.25, 0.3) is 0 Å². The van der Waals surface area contributed by atoms with Gasteiger partial charge in [0.2, 0.25) is 0 Å². The van der Waals surface area contributed by atoms with Crippen molar-refractivity contribution in [2.45, 2.75) is 0 Å². The Morgan fingerprint density at radius 3 is 2.25 bits per heavy atom. The predicted octanol–water partition coefficient (Wildman–Crippen LogP) is -0.886. The second-order valence-electron chi connectivity index (χ2n) is 0.471. The summed E-state index contributed by atoms with van der Waals surface area (Å²) < 4.78 is 0. The maximum Gasteiger partial charge on any atom is -0.00925 e. The van der Waals surface area contributed by atoms with Crippen molar-refractivity contribution in [1.82, 2.24) is 0 Å². The van der Waals surface area contributed by atoms with E-state index in [-0.39, 0.29) is 0 Å². The number of hydrogen-bond donors (Lipinski definition) is 0. The zero-order valence-corrected chi connectivity index (χ0v) is 5.14. The Balaban J connectivity index is 2.73. The second-order valence-corrected chi connectivity index (χ2v) is 2.83. The first-order valence-electron chi connectivity index (χ1n) is 1.15. The van der Waals surface area contributed by atoms with E-state index in [9.17, 15) is 0 Å². The third-order valence-corrected chi connectivity index (χ3v) is 1.50. The minimum Gasteiger partial charge on any atom is -0.104 e. The quantitative estimate of drug-likeness (QED) is 0.363. The van der Waals surface area contributed by atoms with Gasteiger partial charge in [-0.15, -0.1) is 6.58 Å². The van der Waals surface area contributed by atoms with Crippen LogP contribution >= 0.6 is 0 Å². The van der Waals surface area contributed by atoms with Crippen LogP contribution in [0.5, 0.6) is 0 Å². The molecule has 0 aromatic carbocycles. The average molecular weight is 86.2 g/mol. The van der Waals surface area contributed by atoms with Crippen LogP contribution in [-0.4, -0.2) is 17.9 Å². The summed E-state index contributed by atoms with van der Waals surface area (Å²) in [7, 11) is 2.56. The zero-order chi connectivity index (χ0) is 3.41. The van der Waals surface area contributed by atoms with Crippen LogP contribution in [0.1, 0.15) is 0 Å². The lowest BCUT2D eigenvalue weighted by atomic mass is 11.3. The van der Waals surface area contributed by atoms with Gasteiger partial charge in [-0.1, -0.05) is 5.70 Å². The van der Waals surface area contributed by atoms with Gasteiger partial charge in [-0.3, -0.25) is 0 Å². The van der Waals surface area contributed by atoms with Crippen molar-refractivity contribution in [3.63, 3.8) is 0 Å². The highest BCUT2D eigenvalue weighted by atomic mass is 28.8. The lowest BCUT2D eigenvalue weighted by Gasteiger charge is -1.42. The maximum absolute atomic E-state index is 3.52. The van der Waals surface area contributed by atoms with Gasteiger partial charge in [0.15, 0.2) is 0 Å². The molecule has 0 amide bonds. The van der Waals surface area contributed by atoms with Crippen molar-refractivity contribution in [2.24, 2.45) is 0 Å². The first kappa shape index (κ1) is 4.17. The molecule has 2 heteroatoms. The molecule has 0 saturated carbocycles. The van der Waals surface area contributed by atoms with Crippen LogP contribution in [0.4, 0.5) is 0 Å². The standard InChI is InChI=1S/C2H6Si2/c1-2-4-3/h2,4H,1,3H2. The lowest BCUT2D eigenvalue weighted by Crippen LogP contribution is -1.53. The van der Waals surface area contributed by atoms with Gasteiger partial charge in [0.05, 0.1) is 0 Å². The molecular weight excluding hydrogens is 80.2 g/mol. The molecule has 0 fully saturated rings. The highest BCUT2D eigenvalue weighted by Gasteiger charge is 1.31. The Labute approximate surface area is 31.1 Å². The smallest absolute Gasteiger partial charge is 0.00925 e. The van der Waals surface area contributed by atoms with E-state index in [4.69, 9.17) is 0 Å². The van der Waals surface area contributed by atoms with Crippen molar-refractivity contribution in [3.8, 4) is 0 Å². The fourth-order valence-electron chi connectivity index (χ4n) is 0. The molecule has 0 atom stereocenters. The summed E-state index contributed by atoms with van der Waals surface area (Å²) in [6.07, 6.45) is 0. The summed E-state index contributed by atoms with van der Waals surface area (Å²) in [6.45, 7) is 3.52. The van der Waals surface area contributed by atoms with Crippen LogP contribution in [0.3, 0.4) is 0 Å². The van der Waals surface area contributed by atoms with Crippen LogP contribution in [0, 0.1) is 0 Å². The number of rotatable bonds is 1. The van der Waals surface area contributed by atoms with E-state index in [0.717, 1.165) is 0 Å². The van der Waals surface area contributed by atoms with Gasteiger partial charge < -0.3 is 0 Å². The van der Waals surface area contributed by atoms with Crippen LogP contribution in [0.2, 0.25) is 0 Å². The second kappa shape index (κ2) is 3.17. The van der Waals surface area contributed by atoms with Crippen LogP contribution in [0.15, 0.2) is 12.3 Å². The summed E-state index contributed by atoms with van der Waals surface area (Å²) in [5.41, 5.74) is 1.97. The first-order valence-corrected chi connectivity index (χ1v) is 5.08. The maximum atomic E-state index is 3.52. The average Bonchev–Trinajstić information content (AvgIpc) is 1.37. The minimum atomic E-state index is 0.574. The van der Waals surface area contributed by atoms with Gasteiger partial charge in [0.1, 0.15) is 0 Å². The molecule has 0 spiro atoms. The van der Waals surface area contributed by atoms with Crippen molar-refractivity contribution in [1.29, 1.82) is 0 Å². The molecule has 0 aliphatic carbocycles. The topological polar surface area (TPSA) is 0 Å². The molecule has 0 saturated heterocycles. The van der Waals surface area contributed by atoms with E-state index in [1.165, 1.54) is 0 Å². The Morgan fingerprint density at radius 2 is 2.25 bits per heavy atom. The minimum absolute atomic E-state index is 0.574. The highest BCUT2D eigenvalue weighted by Crippen LogP contribution is 1.31. The monoisotopic (exact) mass is 86.0 g/mol. The summed E-state index contributed by atoms with van der Waals surface area (Å²) in [6, 6.07) is 0. The molecule has 0 radical (unpaired) electrons. The van der Waals surface area contributed by atoms with E-state index in [0.29, 0.717) is 8.61 Å². The Hall–Kier alpha value is 0.174. The van der Waals surface area contributed by atoms with Crippen molar-refractivity contribution < 1.29 is 0 Å². The molecule has 0 bridgehead atoms. The van der Waals surface area contributed by atoms with Gasteiger partial charge in [-0.25, -0.2) is 0 Å². The van der Waals surface area contributed by atoms with Crippen molar-refractivity contribution >= 4 is 17.9 Å². The predicted molar refractivity (Wildman–Crippen MR) is 25.9 cm³/mol. The Bertz CT molecular complexity index is 25.0. The summed E-state index contributed by atoms with van der Waals surface area (Å²) in [4.78, 5) is 0. The van der Waals surface area contributed by atoms with Crippen molar-refractivity contribution in [3.05, 3.63) is 12.3 Å². The largest absolute Gasteiger partial charge is 0.104 e. The van der Waals surface area contributed by atoms with Crippen LogP contribution in [0.25, 0.3) is 0 Å². The molecular formula is C2H6Si2. The molecule has 0 nitrogen and oxygen atoms in total. The summed E-state index contributed by atoms with van der Waals surface area (Å²) >= 11 is 0. The van der Waals surface area contributed by atoms with Gasteiger partial charge in [-0.05, 0) is 17.9 Å². The summed E-state index contributed by atoms with van der Waals surface area (Å²) in [5.74, 6) is 0. The molecule has 22 valence electrons. The molecule has 0 aromatic rings. The van der Waals surface area contributed by atoms with E-state index < -0.39 is 0 Å². The van der Waals surface area contributed by atoms with Gasteiger partial charge in [-0.2, -0.15) is 0 Å². The third-order valence-electron chi connectivity index (χ3n) is 0.167. The molecule has 0 heterocycles. The van der Waals surface area contributed by atoms with Crippen molar-refractivity contribution in [2.75, 3.05) is 0 Å². The van der Waals surface area contributed by atoms with Crippen LogP contribution < -0.4 is 0 Å². The molecule has 0 aliphatic heterocycles. The third kappa shape index (κ3) is 2.17. The highest BCUT2D eigenvalue weighted by molar-refractivity contribution is 6.65. The normalized spacial score (nSPS) is 5.00. The van der Waals surface area contributed by atoms with E-state index in [1.54, 1.807) is 0 Å². The Kier molecular flexibility index (Phi) is 3.31. The van der Waals surface area contributed by atoms with E-state index in [2.05, 4.69) is 6.58 Å². The summed E-state index contributed by atoms with van der Waals surface area (Å²) in [5, 5.41) is 0. The van der Waals surface area contributed by atoms with E-state index >= 15 is 0 Å². The number of hydrogen-bond acceptors (Lipinski definition) is 0. The van der Waals surface area contributed by atoms with Gasteiger partial charge in [0, 0.05) is 0 Å². The SMILES string of the molecule is C=C[SiH]=[SiH2]. The van der Waals surface area contributed by atoms with E-state index in [1.807, 2.05) is 15.0 Å². The zero-order valence-electron chi connectivity index (χ0n) is 2.57. The lowest BCUT2D eigenvalue weighted by molar-refractivity contribution is 2.62. The molecule has 0 unspecified atom stereocenters. The molecule has 0 N–H and O–H groups in total. The molecule has 0 rings (SSSR count). The first-order chi connectivity index (χ1) is 1.91. The molecule has 0 aliphatic rings.